The number of halogens is 2. The fourth-order valence-corrected chi connectivity index (χ4v) is 4.59. The highest BCUT2D eigenvalue weighted by Gasteiger charge is 2.02. The average Bonchev–Trinajstić information content (AvgIpc) is 2.87. The normalized spacial score (nSPS) is 11.2. The van der Waals surface area contributed by atoms with E-state index in [-0.39, 0.29) is 11.8 Å². The summed E-state index contributed by atoms with van der Waals surface area (Å²) in [5.74, 6) is 1.72. The van der Waals surface area contributed by atoms with E-state index < -0.39 is 0 Å². The van der Waals surface area contributed by atoms with Gasteiger partial charge >= 0.3 is 0 Å². The molecule has 36 heavy (non-hydrogen) atoms. The zero-order chi connectivity index (χ0) is 25.6. The van der Waals surface area contributed by atoms with E-state index in [0.717, 1.165) is 33.8 Å². The zero-order valence-electron chi connectivity index (χ0n) is 19.2. The van der Waals surface area contributed by atoms with Crippen LogP contribution in [0.3, 0.4) is 0 Å². The molecule has 0 saturated heterocycles. The van der Waals surface area contributed by atoms with Crippen LogP contribution in [0.1, 0.15) is 22.3 Å². The molecule has 0 radical (unpaired) electrons. The molecule has 186 valence electrons. The van der Waals surface area contributed by atoms with E-state index in [2.05, 4.69) is 21.1 Å². The molecule has 10 heteroatoms. The van der Waals surface area contributed by atoms with Crippen LogP contribution in [0.4, 0.5) is 0 Å². The number of hydrogen-bond donors (Lipinski definition) is 2. The molecular weight excluding hydrogens is 535 g/mol. The summed E-state index contributed by atoms with van der Waals surface area (Å²) in [6.45, 7) is 0. The van der Waals surface area contributed by atoms with E-state index in [9.17, 15) is 9.59 Å². The summed E-state index contributed by atoms with van der Waals surface area (Å²) >= 11 is 14.7. The lowest BCUT2D eigenvalue weighted by Gasteiger charge is -2.02. The molecule has 0 atom stereocenters. The Bertz CT molecular complexity index is 1090. The molecule has 0 heterocycles. The number of benzene rings is 3. The molecule has 2 N–H and O–H groups in total. The number of hydrazone groups is 2. The highest BCUT2D eigenvalue weighted by molar-refractivity contribution is 7.99. The van der Waals surface area contributed by atoms with Crippen LogP contribution in [-0.4, -0.2) is 35.7 Å². The molecule has 0 aliphatic carbocycles. The van der Waals surface area contributed by atoms with Crippen molar-refractivity contribution in [2.75, 3.05) is 11.5 Å². The van der Waals surface area contributed by atoms with Gasteiger partial charge in [0.1, 0.15) is 0 Å². The monoisotopic (exact) mass is 558 g/mol. The number of thioether (sulfide) groups is 2. The van der Waals surface area contributed by atoms with Gasteiger partial charge in [0, 0.05) is 21.6 Å². The third-order valence-electron chi connectivity index (χ3n) is 4.57. The summed E-state index contributed by atoms with van der Waals surface area (Å²) in [6.07, 6.45) is 3.14. The summed E-state index contributed by atoms with van der Waals surface area (Å²) in [4.78, 5) is 23.9. The molecule has 0 fully saturated rings. The molecule has 0 aliphatic rings. The Kier molecular flexibility index (Phi) is 11.9. The Morgan fingerprint density at radius 3 is 1.36 bits per heavy atom. The van der Waals surface area contributed by atoms with E-state index in [1.165, 1.54) is 23.5 Å². The molecule has 0 unspecified atom stereocenters. The molecule has 2 amide bonds. The maximum absolute atomic E-state index is 11.9. The van der Waals surface area contributed by atoms with Gasteiger partial charge in [-0.25, -0.2) is 10.9 Å². The predicted octanol–water partition coefficient (Wildman–Crippen LogP) is 5.76. The van der Waals surface area contributed by atoms with Crippen LogP contribution < -0.4 is 10.9 Å². The van der Waals surface area contributed by atoms with Crippen molar-refractivity contribution in [1.29, 1.82) is 0 Å². The Balaban J connectivity index is 1.31. The maximum atomic E-state index is 11.9. The summed E-state index contributed by atoms with van der Waals surface area (Å²) in [5.41, 5.74) is 8.91. The zero-order valence-corrected chi connectivity index (χ0v) is 22.3. The van der Waals surface area contributed by atoms with Gasteiger partial charge in [0.2, 0.25) is 11.8 Å². The van der Waals surface area contributed by atoms with Crippen molar-refractivity contribution in [1.82, 2.24) is 10.9 Å². The van der Waals surface area contributed by atoms with Gasteiger partial charge in [-0.05, 0) is 46.5 Å². The van der Waals surface area contributed by atoms with Crippen molar-refractivity contribution in [3.8, 4) is 0 Å². The van der Waals surface area contributed by atoms with Gasteiger partial charge in [-0.1, -0.05) is 71.7 Å². The van der Waals surface area contributed by atoms with Gasteiger partial charge in [-0.2, -0.15) is 10.2 Å². The SMILES string of the molecule is O=C(CSCc1ccc(Cl)cc1)N/N=C\c1ccc(/C=N\NC(=O)CSCc2ccc(Cl)cc2)cc1. The highest BCUT2D eigenvalue weighted by atomic mass is 35.5. The fraction of sp³-hybridized carbons (Fsp3) is 0.154. The van der Waals surface area contributed by atoms with Crippen LogP contribution in [0.2, 0.25) is 10.0 Å². The number of hydrogen-bond acceptors (Lipinski definition) is 6. The molecule has 3 rings (SSSR count). The number of rotatable bonds is 12. The first-order valence-electron chi connectivity index (χ1n) is 10.9. The molecular formula is C26H24Cl2N4O2S2. The minimum atomic E-state index is -0.170. The van der Waals surface area contributed by atoms with Crippen molar-refractivity contribution >= 4 is 71.0 Å². The summed E-state index contributed by atoms with van der Waals surface area (Å²) in [5, 5.41) is 9.37. The number of carbonyl (C=O) groups excluding carboxylic acids is 2. The maximum Gasteiger partial charge on any atom is 0.250 e. The molecule has 0 bridgehead atoms. The first kappa shape index (κ1) is 27.8. The lowest BCUT2D eigenvalue weighted by Crippen LogP contribution is -2.19. The van der Waals surface area contributed by atoms with Crippen LogP contribution >= 0.6 is 46.7 Å². The highest BCUT2D eigenvalue weighted by Crippen LogP contribution is 2.16. The average molecular weight is 560 g/mol. The minimum Gasteiger partial charge on any atom is -0.272 e. The van der Waals surface area contributed by atoms with Crippen molar-refractivity contribution < 1.29 is 9.59 Å². The van der Waals surface area contributed by atoms with E-state index in [0.29, 0.717) is 21.6 Å². The molecule has 0 aromatic heterocycles. The second kappa shape index (κ2) is 15.4. The first-order chi connectivity index (χ1) is 17.5. The van der Waals surface area contributed by atoms with Gasteiger partial charge in [0.25, 0.3) is 0 Å². The quantitative estimate of drug-likeness (QED) is 0.218. The summed E-state index contributed by atoms with van der Waals surface area (Å²) in [7, 11) is 0. The summed E-state index contributed by atoms with van der Waals surface area (Å²) in [6, 6.07) is 22.5. The minimum absolute atomic E-state index is 0.170. The van der Waals surface area contributed by atoms with Crippen LogP contribution in [-0.2, 0) is 21.1 Å². The molecule has 0 saturated carbocycles. The van der Waals surface area contributed by atoms with Crippen molar-refractivity contribution in [3.63, 3.8) is 0 Å². The molecule has 0 aliphatic heterocycles. The second-order valence-corrected chi connectivity index (χ2v) is 10.3. The van der Waals surface area contributed by atoms with E-state index in [1.54, 1.807) is 12.4 Å². The number of nitrogens with zero attached hydrogens (tertiary/aromatic N) is 2. The standard InChI is InChI=1S/C26H24Cl2N4O2S2/c27-23-9-5-21(6-10-23)15-35-17-25(33)31-29-13-19-1-2-20(4-3-19)14-30-32-26(34)18-36-16-22-7-11-24(28)12-8-22/h1-14H,15-18H2,(H,31,33)(H,32,34)/b29-13-,30-14-. The smallest absolute Gasteiger partial charge is 0.250 e. The van der Waals surface area contributed by atoms with Crippen LogP contribution in [0.15, 0.2) is 83.0 Å². The number of carbonyl (C=O) groups is 2. The second-order valence-electron chi connectivity index (χ2n) is 7.49. The van der Waals surface area contributed by atoms with Crippen LogP contribution in [0.25, 0.3) is 0 Å². The Morgan fingerprint density at radius 1 is 0.639 bits per heavy atom. The van der Waals surface area contributed by atoms with Gasteiger partial charge < -0.3 is 0 Å². The van der Waals surface area contributed by atoms with Gasteiger partial charge in [0.05, 0.1) is 23.9 Å². The third kappa shape index (κ3) is 10.9. The van der Waals surface area contributed by atoms with Gasteiger partial charge in [-0.15, -0.1) is 23.5 Å². The topological polar surface area (TPSA) is 82.9 Å². The predicted molar refractivity (Wildman–Crippen MR) is 153 cm³/mol. The largest absolute Gasteiger partial charge is 0.272 e. The number of nitrogens with one attached hydrogen (secondary N) is 2. The fourth-order valence-electron chi connectivity index (χ4n) is 2.77. The van der Waals surface area contributed by atoms with Crippen LogP contribution in [0.5, 0.6) is 0 Å². The number of amides is 2. The van der Waals surface area contributed by atoms with Gasteiger partial charge in [0.15, 0.2) is 0 Å². The Hall–Kier alpha value is -2.78. The molecule has 6 nitrogen and oxygen atoms in total. The molecule has 3 aromatic rings. The van der Waals surface area contributed by atoms with Crippen molar-refractivity contribution in [3.05, 3.63) is 105 Å². The van der Waals surface area contributed by atoms with Crippen molar-refractivity contribution in [2.45, 2.75) is 11.5 Å². The lowest BCUT2D eigenvalue weighted by atomic mass is 10.2. The van der Waals surface area contributed by atoms with Crippen molar-refractivity contribution in [2.24, 2.45) is 10.2 Å². The third-order valence-corrected chi connectivity index (χ3v) is 7.08. The molecule has 3 aromatic carbocycles. The van der Waals surface area contributed by atoms with E-state index in [4.69, 9.17) is 23.2 Å². The van der Waals surface area contributed by atoms with Crippen LogP contribution in [0, 0.1) is 0 Å². The lowest BCUT2D eigenvalue weighted by molar-refractivity contribution is -0.119. The van der Waals surface area contributed by atoms with E-state index in [1.807, 2.05) is 72.8 Å². The molecule has 0 spiro atoms. The Labute approximate surface area is 228 Å². The van der Waals surface area contributed by atoms with E-state index >= 15 is 0 Å². The van der Waals surface area contributed by atoms with Gasteiger partial charge in [-0.3, -0.25) is 9.59 Å². The summed E-state index contributed by atoms with van der Waals surface area (Å²) < 4.78 is 0. The Morgan fingerprint density at radius 2 is 1.00 bits per heavy atom. The first-order valence-corrected chi connectivity index (χ1v) is 13.9.